The zero-order chi connectivity index (χ0) is 18.8. The van der Waals surface area contributed by atoms with Crippen molar-refractivity contribution in [3.63, 3.8) is 0 Å². The van der Waals surface area contributed by atoms with Crippen LogP contribution < -0.4 is 14.8 Å². The molecule has 0 saturated carbocycles. The highest BCUT2D eigenvalue weighted by atomic mass is 127. The number of benzene rings is 1. The quantitative estimate of drug-likeness (QED) is 0.343. The Morgan fingerprint density at radius 1 is 1.26 bits per heavy atom. The van der Waals surface area contributed by atoms with Crippen LogP contribution in [0.2, 0.25) is 0 Å². The number of piperidine rings is 1. The molecule has 6 nitrogen and oxygen atoms in total. The van der Waals surface area contributed by atoms with E-state index >= 15 is 0 Å². The zero-order valence-corrected chi connectivity index (χ0v) is 19.3. The maximum Gasteiger partial charge on any atom is 0.194 e. The van der Waals surface area contributed by atoms with E-state index in [2.05, 4.69) is 24.1 Å². The van der Waals surface area contributed by atoms with Gasteiger partial charge in [0.25, 0.3) is 0 Å². The number of rotatable bonds is 8. The molecule has 27 heavy (non-hydrogen) atoms. The molecule has 0 radical (unpaired) electrons. The van der Waals surface area contributed by atoms with Gasteiger partial charge in [-0.2, -0.15) is 0 Å². The van der Waals surface area contributed by atoms with Crippen molar-refractivity contribution in [1.82, 2.24) is 10.2 Å². The molecule has 1 atom stereocenters. The highest BCUT2D eigenvalue weighted by molar-refractivity contribution is 14.0. The van der Waals surface area contributed by atoms with Gasteiger partial charge in [-0.15, -0.1) is 24.0 Å². The number of nitrogens with zero attached hydrogens (tertiary/aromatic N) is 2. The molecule has 154 valence electrons. The molecular weight excluding hydrogens is 457 g/mol. The lowest BCUT2D eigenvalue weighted by atomic mass is 10.1. The lowest BCUT2D eigenvalue weighted by molar-refractivity contribution is 0.0263. The fourth-order valence-electron chi connectivity index (χ4n) is 3.05. The van der Waals surface area contributed by atoms with Gasteiger partial charge >= 0.3 is 0 Å². The third-order valence-corrected chi connectivity index (χ3v) is 4.36. The summed E-state index contributed by atoms with van der Waals surface area (Å²) in [6.45, 7) is 10.4. The molecular formula is C20H34IN3O3. The maximum atomic E-state index is 5.97. The van der Waals surface area contributed by atoms with Gasteiger partial charge in [0.15, 0.2) is 5.96 Å². The first kappa shape index (κ1) is 23.8. The van der Waals surface area contributed by atoms with Crippen molar-refractivity contribution in [2.75, 3.05) is 39.9 Å². The van der Waals surface area contributed by atoms with Gasteiger partial charge in [0.1, 0.15) is 17.6 Å². The number of guanidine groups is 1. The summed E-state index contributed by atoms with van der Waals surface area (Å²) in [6.07, 6.45) is 2.47. The first-order chi connectivity index (χ1) is 12.7. The third-order valence-electron chi connectivity index (χ3n) is 4.36. The summed E-state index contributed by atoms with van der Waals surface area (Å²) < 4.78 is 16.9. The number of likely N-dealkylation sites (tertiary alicyclic amines) is 1. The smallest absolute Gasteiger partial charge is 0.194 e. The van der Waals surface area contributed by atoms with E-state index in [0.717, 1.165) is 56.5 Å². The van der Waals surface area contributed by atoms with Gasteiger partial charge in [-0.05, 0) is 45.7 Å². The number of nitrogens with one attached hydrogen (secondary N) is 1. The predicted molar refractivity (Wildman–Crippen MR) is 121 cm³/mol. The van der Waals surface area contributed by atoms with Gasteiger partial charge in [-0.25, -0.2) is 4.99 Å². The number of halogens is 1. The highest BCUT2D eigenvalue weighted by Gasteiger charge is 2.21. The molecule has 0 aliphatic carbocycles. The second-order valence-corrected chi connectivity index (χ2v) is 6.44. The Labute approximate surface area is 180 Å². The van der Waals surface area contributed by atoms with Crippen LogP contribution in [-0.4, -0.2) is 63.0 Å². The van der Waals surface area contributed by atoms with Crippen LogP contribution in [0.4, 0.5) is 0 Å². The zero-order valence-electron chi connectivity index (χ0n) is 16.9. The fraction of sp³-hybridized carbons (Fsp3) is 0.650. The Hall–Kier alpha value is -1.22. The van der Waals surface area contributed by atoms with Crippen LogP contribution in [0.25, 0.3) is 0 Å². The Balaban J connectivity index is 0.00000364. The first-order valence-electron chi connectivity index (χ1n) is 9.61. The van der Waals surface area contributed by atoms with E-state index in [0.29, 0.717) is 12.6 Å². The number of hydrogen-bond donors (Lipinski definition) is 1. The lowest BCUT2D eigenvalue weighted by Crippen LogP contribution is -2.47. The molecule has 1 fully saturated rings. The molecule has 1 saturated heterocycles. The van der Waals surface area contributed by atoms with Crippen molar-refractivity contribution < 1.29 is 14.2 Å². The van der Waals surface area contributed by atoms with Crippen molar-refractivity contribution in [3.8, 4) is 11.5 Å². The minimum atomic E-state index is -0.0169. The van der Waals surface area contributed by atoms with Crippen molar-refractivity contribution in [2.45, 2.75) is 45.8 Å². The van der Waals surface area contributed by atoms with Gasteiger partial charge in [-0.3, -0.25) is 0 Å². The van der Waals surface area contributed by atoms with Crippen molar-refractivity contribution >= 4 is 29.9 Å². The van der Waals surface area contributed by atoms with Crippen LogP contribution in [0.15, 0.2) is 29.3 Å². The van der Waals surface area contributed by atoms with Crippen LogP contribution in [-0.2, 0) is 4.74 Å². The summed E-state index contributed by atoms with van der Waals surface area (Å²) in [6, 6.07) is 7.66. The third kappa shape index (κ3) is 8.13. The highest BCUT2D eigenvalue weighted by Crippen LogP contribution is 2.20. The van der Waals surface area contributed by atoms with Gasteiger partial charge in [0.2, 0.25) is 0 Å². The summed E-state index contributed by atoms with van der Waals surface area (Å²) >= 11 is 0. The summed E-state index contributed by atoms with van der Waals surface area (Å²) in [7, 11) is 1.66. The Bertz CT molecular complexity index is 563. The summed E-state index contributed by atoms with van der Waals surface area (Å²) in [5.74, 6) is 2.56. The topological polar surface area (TPSA) is 55.3 Å². The van der Waals surface area contributed by atoms with Gasteiger partial charge < -0.3 is 24.4 Å². The van der Waals surface area contributed by atoms with Crippen molar-refractivity contribution in [2.24, 2.45) is 4.99 Å². The molecule has 1 aromatic rings. The van der Waals surface area contributed by atoms with Gasteiger partial charge in [0.05, 0.1) is 19.8 Å². The molecule has 1 heterocycles. The van der Waals surface area contributed by atoms with E-state index in [1.165, 1.54) is 0 Å². The van der Waals surface area contributed by atoms with E-state index < -0.39 is 0 Å². The average molecular weight is 491 g/mol. The Morgan fingerprint density at radius 3 is 2.59 bits per heavy atom. The molecule has 1 N–H and O–H groups in total. The second kappa shape index (κ2) is 13.0. The Morgan fingerprint density at radius 2 is 1.96 bits per heavy atom. The molecule has 7 heteroatoms. The molecule has 2 rings (SSSR count). The molecule has 0 spiro atoms. The Kier molecular flexibility index (Phi) is 11.5. The van der Waals surface area contributed by atoms with Crippen molar-refractivity contribution in [1.29, 1.82) is 0 Å². The second-order valence-electron chi connectivity index (χ2n) is 6.44. The maximum absolute atomic E-state index is 5.97. The fourth-order valence-corrected chi connectivity index (χ4v) is 3.05. The van der Waals surface area contributed by atoms with Crippen LogP contribution >= 0.6 is 24.0 Å². The summed E-state index contributed by atoms with van der Waals surface area (Å²) in [5, 5.41) is 3.40. The molecule has 0 aromatic heterocycles. The summed E-state index contributed by atoms with van der Waals surface area (Å²) in [5.41, 5.74) is 0. The minimum absolute atomic E-state index is 0. The standard InChI is InChI=1S/C20H33N3O3.HI/c1-5-21-20(23-12-10-17(11-13-23)25-6-2)22-15-16(3)26-19-9-7-8-18(14-19)24-4;/h7-9,14,16-17H,5-6,10-13,15H2,1-4H3,(H,21,22);1H. The van der Waals surface area contributed by atoms with Gasteiger partial charge in [0, 0.05) is 32.3 Å². The molecule has 0 bridgehead atoms. The van der Waals surface area contributed by atoms with E-state index in [9.17, 15) is 0 Å². The van der Waals surface area contributed by atoms with E-state index in [1.54, 1.807) is 7.11 Å². The number of methoxy groups -OCH3 is 1. The van der Waals surface area contributed by atoms with Crippen LogP contribution in [0.1, 0.15) is 33.6 Å². The summed E-state index contributed by atoms with van der Waals surface area (Å²) in [4.78, 5) is 7.10. The SMILES string of the molecule is CCNC(=NCC(C)Oc1cccc(OC)c1)N1CCC(OCC)CC1.I. The van der Waals surface area contributed by atoms with Gasteiger partial charge in [-0.1, -0.05) is 6.07 Å². The largest absolute Gasteiger partial charge is 0.497 e. The molecule has 1 aromatic carbocycles. The average Bonchev–Trinajstić information content (AvgIpc) is 2.66. The van der Waals surface area contributed by atoms with Crippen molar-refractivity contribution in [3.05, 3.63) is 24.3 Å². The van der Waals surface area contributed by atoms with E-state index in [-0.39, 0.29) is 30.1 Å². The van der Waals surface area contributed by atoms with E-state index in [1.807, 2.05) is 31.2 Å². The van der Waals surface area contributed by atoms with E-state index in [4.69, 9.17) is 19.2 Å². The molecule has 0 amide bonds. The van der Waals surface area contributed by atoms with Crippen LogP contribution in [0.3, 0.4) is 0 Å². The molecule has 1 aliphatic heterocycles. The molecule has 1 aliphatic rings. The van der Waals surface area contributed by atoms with Crippen LogP contribution in [0.5, 0.6) is 11.5 Å². The lowest BCUT2D eigenvalue weighted by Gasteiger charge is -2.34. The molecule has 1 unspecified atom stereocenters. The number of aliphatic imine (C=N–C) groups is 1. The number of hydrogen-bond acceptors (Lipinski definition) is 4. The van der Waals surface area contributed by atoms with Crippen LogP contribution in [0, 0.1) is 0 Å². The normalized spacial score (nSPS) is 16.4. The minimum Gasteiger partial charge on any atom is -0.497 e. The monoisotopic (exact) mass is 491 g/mol. The first-order valence-corrected chi connectivity index (χ1v) is 9.61. The predicted octanol–water partition coefficient (Wildman–Crippen LogP) is 3.55. The number of ether oxygens (including phenoxy) is 3.